The molecule has 0 atom stereocenters. The normalized spacial score (nSPS) is 15.5. The van der Waals surface area contributed by atoms with Crippen molar-refractivity contribution in [2.45, 2.75) is 45.6 Å². The summed E-state index contributed by atoms with van der Waals surface area (Å²) in [6.07, 6.45) is 5.31. The number of rotatable bonds is 5. The highest BCUT2D eigenvalue weighted by Crippen LogP contribution is 2.28. The predicted octanol–water partition coefficient (Wildman–Crippen LogP) is 2.82. The fraction of sp³-hybridized carbons (Fsp3) is 0.600. The zero-order valence-corrected chi connectivity index (χ0v) is 12.0. The molecular weight excluding hydrogens is 258 g/mol. The van der Waals surface area contributed by atoms with Crippen molar-refractivity contribution in [3.05, 3.63) is 23.2 Å². The molecule has 1 saturated carbocycles. The Morgan fingerprint density at radius 2 is 2.05 bits per heavy atom. The van der Waals surface area contributed by atoms with Crippen LogP contribution in [-0.2, 0) is 11.3 Å². The number of hydrogen-bond donors (Lipinski definition) is 1. The number of aryl methyl sites for hydroxylation is 1. The third kappa shape index (κ3) is 3.40. The molecule has 1 aromatic heterocycles. The molecule has 0 unspecified atom stereocenters. The summed E-state index contributed by atoms with van der Waals surface area (Å²) >= 11 is 0. The van der Waals surface area contributed by atoms with E-state index in [-0.39, 0.29) is 11.5 Å². The molecular formula is C15H21NO4. The lowest BCUT2D eigenvalue weighted by atomic mass is 10.0. The molecule has 5 heteroatoms. The molecule has 110 valence electrons. The Morgan fingerprint density at radius 1 is 1.40 bits per heavy atom. The summed E-state index contributed by atoms with van der Waals surface area (Å²) in [5.41, 5.74) is 0.164. The van der Waals surface area contributed by atoms with Gasteiger partial charge < -0.3 is 14.4 Å². The number of carbonyl (C=O) groups excluding carboxylic acids is 1. The van der Waals surface area contributed by atoms with Gasteiger partial charge in [0, 0.05) is 13.5 Å². The maximum absolute atomic E-state index is 12.1. The highest BCUT2D eigenvalue weighted by Gasteiger charge is 2.22. The van der Waals surface area contributed by atoms with Crippen molar-refractivity contribution >= 4 is 11.9 Å². The van der Waals surface area contributed by atoms with Crippen molar-refractivity contribution in [3.8, 4) is 0 Å². The fourth-order valence-corrected chi connectivity index (χ4v) is 2.77. The van der Waals surface area contributed by atoms with Gasteiger partial charge in [-0.25, -0.2) is 4.79 Å². The van der Waals surface area contributed by atoms with Crippen LogP contribution in [0.15, 0.2) is 10.5 Å². The number of hydrogen-bond acceptors (Lipinski definition) is 3. The first-order valence-electron chi connectivity index (χ1n) is 7.04. The average Bonchev–Trinajstić information content (AvgIpc) is 2.98. The minimum Gasteiger partial charge on any atom is -0.478 e. The van der Waals surface area contributed by atoms with Gasteiger partial charge in [0.05, 0.1) is 6.54 Å². The van der Waals surface area contributed by atoms with E-state index in [2.05, 4.69) is 0 Å². The quantitative estimate of drug-likeness (QED) is 0.899. The maximum Gasteiger partial charge on any atom is 0.339 e. The SMILES string of the molecule is Cc1oc(CN(C)C(=O)CC2CCCC2)cc1C(=O)O. The lowest BCUT2D eigenvalue weighted by Gasteiger charge is -2.18. The van der Waals surface area contributed by atoms with E-state index < -0.39 is 5.97 Å². The third-order valence-corrected chi connectivity index (χ3v) is 3.96. The van der Waals surface area contributed by atoms with E-state index >= 15 is 0 Å². The van der Waals surface area contributed by atoms with Crippen LogP contribution in [0.4, 0.5) is 0 Å². The predicted molar refractivity (Wildman–Crippen MR) is 73.5 cm³/mol. The van der Waals surface area contributed by atoms with Crippen molar-refractivity contribution in [1.29, 1.82) is 0 Å². The second kappa shape index (κ2) is 6.11. The molecule has 1 aliphatic carbocycles. The first-order chi connectivity index (χ1) is 9.47. The molecule has 2 rings (SSSR count). The second-order valence-corrected chi connectivity index (χ2v) is 5.59. The first kappa shape index (κ1) is 14.6. The van der Waals surface area contributed by atoms with Gasteiger partial charge in [0.25, 0.3) is 0 Å². The smallest absolute Gasteiger partial charge is 0.339 e. The molecule has 0 saturated heterocycles. The molecule has 1 amide bonds. The summed E-state index contributed by atoms with van der Waals surface area (Å²) in [4.78, 5) is 24.7. The Kier molecular flexibility index (Phi) is 4.47. The topological polar surface area (TPSA) is 70.8 Å². The van der Waals surface area contributed by atoms with E-state index in [9.17, 15) is 9.59 Å². The molecule has 5 nitrogen and oxygen atoms in total. The largest absolute Gasteiger partial charge is 0.478 e. The van der Waals surface area contributed by atoms with Gasteiger partial charge in [-0.2, -0.15) is 0 Å². The van der Waals surface area contributed by atoms with Crippen LogP contribution < -0.4 is 0 Å². The van der Waals surface area contributed by atoms with Crippen LogP contribution in [0.5, 0.6) is 0 Å². The van der Waals surface area contributed by atoms with E-state index in [4.69, 9.17) is 9.52 Å². The van der Waals surface area contributed by atoms with E-state index in [1.54, 1.807) is 18.9 Å². The van der Waals surface area contributed by atoms with Crippen LogP contribution in [0.2, 0.25) is 0 Å². The molecule has 0 aliphatic heterocycles. The summed E-state index contributed by atoms with van der Waals surface area (Å²) in [7, 11) is 1.73. The van der Waals surface area contributed by atoms with Crippen LogP contribution >= 0.6 is 0 Å². The Bertz CT molecular complexity index is 500. The molecule has 0 radical (unpaired) electrons. The highest BCUT2D eigenvalue weighted by molar-refractivity contribution is 5.88. The number of nitrogens with zero attached hydrogens (tertiary/aromatic N) is 1. The zero-order chi connectivity index (χ0) is 14.7. The number of aromatic carboxylic acids is 1. The van der Waals surface area contributed by atoms with E-state index in [0.29, 0.717) is 30.4 Å². The first-order valence-corrected chi connectivity index (χ1v) is 7.04. The molecule has 1 aliphatic rings. The maximum atomic E-state index is 12.1. The number of carboxylic acid groups (broad SMARTS) is 1. The summed E-state index contributed by atoms with van der Waals surface area (Å²) in [5, 5.41) is 8.97. The Balaban J connectivity index is 1.93. The third-order valence-electron chi connectivity index (χ3n) is 3.96. The molecule has 1 N–H and O–H groups in total. The number of carboxylic acids is 1. The van der Waals surface area contributed by atoms with Crippen molar-refractivity contribution in [2.75, 3.05) is 7.05 Å². The minimum absolute atomic E-state index is 0.0998. The van der Waals surface area contributed by atoms with Crippen molar-refractivity contribution < 1.29 is 19.1 Å². The fourth-order valence-electron chi connectivity index (χ4n) is 2.77. The average molecular weight is 279 g/mol. The van der Waals surface area contributed by atoms with Crippen LogP contribution in [-0.4, -0.2) is 28.9 Å². The summed E-state index contributed by atoms with van der Waals surface area (Å²) in [6.45, 7) is 1.94. The van der Waals surface area contributed by atoms with Gasteiger partial charge in [-0.1, -0.05) is 12.8 Å². The molecule has 20 heavy (non-hydrogen) atoms. The van der Waals surface area contributed by atoms with Crippen molar-refractivity contribution in [3.63, 3.8) is 0 Å². The van der Waals surface area contributed by atoms with Crippen LogP contribution in [0, 0.1) is 12.8 Å². The Hall–Kier alpha value is -1.78. The number of amides is 1. The highest BCUT2D eigenvalue weighted by atomic mass is 16.4. The zero-order valence-electron chi connectivity index (χ0n) is 12.0. The van der Waals surface area contributed by atoms with Crippen LogP contribution in [0.25, 0.3) is 0 Å². The summed E-state index contributed by atoms with van der Waals surface area (Å²) in [6, 6.07) is 1.50. The number of furan rings is 1. The van der Waals surface area contributed by atoms with E-state index in [1.807, 2.05) is 0 Å². The van der Waals surface area contributed by atoms with Crippen LogP contribution in [0.3, 0.4) is 0 Å². The van der Waals surface area contributed by atoms with Gasteiger partial charge in [0.15, 0.2) is 0 Å². The second-order valence-electron chi connectivity index (χ2n) is 5.59. The van der Waals surface area contributed by atoms with Gasteiger partial charge >= 0.3 is 5.97 Å². The molecule has 0 spiro atoms. The van der Waals surface area contributed by atoms with Gasteiger partial charge in [-0.3, -0.25) is 4.79 Å². The monoisotopic (exact) mass is 279 g/mol. The molecule has 1 aromatic rings. The molecule has 0 aromatic carbocycles. The summed E-state index contributed by atoms with van der Waals surface area (Å²) in [5.74, 6) is 0.504. The van der Waals surface area contributed by atoms with Gasteiger partial charge in [0.1, 0.15) is 17.1 Å². The summed E-state index contributed by atoms with van der Waals surface area (Å²) < 4.78 is 5.39. The molecule has 1 fully saturated rings. The van der Waals surface area contributed by atoms with Crippen molar-refractivity contribution in [1.82, 2.24) is 4.90 Å². The van der Waals surface area contributed by atoms with Crippen molar-refractivity contribution in [2.24, 2.45) is 5.92 Å². The molecule has 0 bridgehead atoms. The van der Waals surface area contributed by atoms with Gasteiger partial charge in [-0.15, -0.1) is 0 Å². The lowest BCUT2D eigenvalue weighted by Crippen LogP contribution is -2.27. The van der Waals surface area contributed by atoms with Gasteiger partial charge in [0.2, 0.25) is 5.91 Å². The van der Waals surface area contributed by atoms with Crippen LogP contribution in [0.1, 0.15) is 54.0 Å². The van der Waals surface area contributed by atoms with E-state index in [0.717, 1.165) is 12.8 Å². The van der Waals surface area contributed by atoms with E-state index in [1.165, 1.54) is 18.9 Å². The number of carbonyl (C=O) groups is 2. The lowest BCUT2D eigenvalue weighted by molar-refractivity contribution is -0.131. The Morgan fingerprint density at radius 3 is 2.60 bits per heavy atom. The Labute approximate surface area is 118 Å². The molecule has 1 heterocycles. The standard InChI is InChI=1S/C15H21NO4/c1-10-13(15(18)19)8-12(20-10)9-16(2)14(17)7-11-5-3-4-6-11/h8,11H,3-7,9H2,1-2H3,(H,18,19). The van der Waals surface area contributed by atoms with Gasteiger partial charge in [-0.05, 0) is 31.7 Å². The minimum atomic E-state index is -1.00.